The summed E-state index contributed by atoms with van der Waals surface area (Å²) < 4.78 is 16.0. The van der Waals surface area contributed by atoms with Crippen molar-refractivity contribution in [2.24, 2.45) is 0 Å². The van der Waals surface area contributed by atoms with Gasteiger partial charge in [-0.1, -0.05) is 0 Å². The summed E-state index contributed by atoms with van der Waals surface area (Å²) in [6.45, 7) is 2.85. The first kappa shape index (κ1) is 14.2. The fourth-order valence-electron chi connectivity index (χ4n) is 2.23. The maximum absolute atomic E-state index is 11.2. The van der Waals surface area contributed by atoms with E-state index in [-0.39, 0.29) is 12.5 Å². The van der Waals surface area contributed by atoms with E-state index in [1.807, 2.05) is 0 Å². The lowest BCUT2D eigenvalue weighted by atomic mass is 9.98. The van der Waals surface area contributed by atoms with Crippen LogP contribution in [0.1, 0.15) is 13.8 Å². The highest BCUT2D eigenvalue weighted by molar-refractivity contribution is 5.73. The number of rotatable bonds is 4. The molecule has 0 spiro atoms. The smallest absolute Gasteiger partial charge is 0.332 e. The Morgan fingerprint density at radius 2 is 2.16 bits per heavy atom. The Morgan fingerprint density at radius 1 is 1.47 bits per heavy atom. The molecular formula is C11H17NO7. The number of fused-ring (bicyclic) bond motifs is 2. The second kappa shape index (κ2) is 5.41. The molecule has 8 heteroatoms. The predicted octanol–water partition coefficient (Wildman–Crippen LogP) is -1.53. The maximum Gasteiger partial charge on any atom is 0.332 e. The Bertz CT molecular complexity index is 374. The van der Waals surface area contributed by atoms with Crippen LogP contribution in [0.2, 0.25) is 0 Å². The normalized spacial score (nSPS) is 38.8. The van der Waals surface area contributed by atoms with Crippen molar-refractivity contribution in [3.05, 3.63) is 0 Å². The molecule has 0 aromatic heterocycles. The number of carbonyl (C=O) groups is 2. The number of hydrogen-bond donors (Lipinski definition) is 3. The van der Waals surface area contributed by atoms with Gasteiger partial charge in [0.2, 0.25) is 5.91 Å². The lowest BCUT2D eigenvalue weighted by molar-refractivity contribution is -0.213. The largest absolute Gasteiger partial charge is 0.479 e. The quantitative estimate of drug-likeness (QED) is 0.570. The number of hydrogen-bond acceptors (Lipinski definition) is 6. The van der Waals surface area contributed by atoms with Gasteiger partial charge in [0.15, 0.2) is 12.4 Å². The topological polar surface area (TPSA) is 114 Å². The Morgan fingerprint density at radius 3 is 2.74 bits per heavy atom. The first-order valence-electron chi connectivity index (χ1n) is 6.00. The van der Waals surface area contributed by atoms with Crippen molar-refractivity contribution in [1.29, 1.82) is 0 Å². The van der Waals surface area contributed by atoms with Crippen LogP contribution in [0.5, 0.6) is 0 Å². The molecule has 2 fully saturated rings. The summed E-state index contributed by atoms with van der Waals surface area (Å²) in [7, 11) is 0. The van der Waals surface area contributed by atoms with Crippen LogP contribution in [0.3, 0.4) is 0 Å². The molecule has 0 aromatic carbocycles. The first-order valence-corrected chi connectivity index (χ1v) is 6.00. The molecule has 0 aliphatic carbocycles. The molecular weight excluding hydrogens is 258 g/mol. The number of aliphatic hydroxyl groups is 1. The van der Waals surface area contributed by atoms with Gasteiger partial charge in [-0.05, 0) is 6.92 Å². The SMILES string of the molecule is CC(=O)N[C@H]1C2OC[C@@H](O2)[C@@H](O)[C@@H]1O[C@H](C)C(=O)O. The third-order valence-electron chi connectivity index (χ3n) is 3.18. The van der Waals surface area contributed by atoms with Crippen LogP contribution in [-0.2, 0) is 23.8 Å². The molecule has 2 bridgehead atoms. The average Bonchev–Trinajstić information content (AvgIpc) is 2.76. The number of carboxylic acid groups (broad SMARTS) is 1. The Balaban J connectivity index is 2.14. The monoisotopic (exact) mass is 275 g/mol. The van der Waals surface area contributed by atoms with Gasteiger partial charge >= 0.3 is 5.97 Å². The molecule has 2 aliphatic rings. The van der Waals surface area contributed by atoms with Crippen LogP contribution >= 0.6 is 0 Å². The van der Waals surface area contributed by atoms with Gasteiger partial charge < -0.3 is 29.7 Å². The first-order chi connectivity index (χ1) is 8.90. The number of carboxylic acids is 1. The van der Waals surface area contributed by atoms with Crippen molar-refractivity contribution < 1.29 is 34.0 Å². The number of aliphatic hydroxyl groups excluding tert-OH is 1. The number of amides is 1. The van der Waals surface area contributed by atoms with Gasteiger partial charge in [0.1, 0.15) is 24.4 Å². The highest BCUT2D eigenvalue weighted by Gasteiger charge is 2.51. The van der Waals surface area contributed by atoms with E-state index in [0.717, 1.165) is 0 Å². The fraction of sp³-hybridized carbons (Fsp3) is 0.818. The third-order valence-corrected chi connectivity index (χ3v) is 3.18. The van der Waals surface area contributed by atoms with Crippen molar-refractivity contribution >= 4 is 11.9 Å². The van der Waals surface area contributed by atoms with E-state index in [4.69, 9.17) is 19.3 Å². The van der Waals surface area contributed by atoms with Gasteiger partial charge in [0.25, 0.3) is 0 Å². The summed E-state index contributed by atoms with van der Waals surface area (Å²) in [4.78, 5) is 22.0. The molecule has 2 aliphatic heterocycles. The fourth-order valence-corrected chi connectivity index (χ4v) is 2.23. The number of carbonyl (C=O) groups excluding carboxylic acids is 1. The summed E-state index contributed by atoms with van der Waals surface area (Å²) in [5.41, 5.74) is 0. The van der Waals surface area contributed by atoms with Crippen LogP contribution in [0.15, 0.2) is 0 Å². The average molecular weight is 275 g/mol. The molecule has 0 radical (unpaired) electrons. The Kier molecular flexibility index (Phi) is 4.04. The molecule has 0 saturated carbocycles. The summed E-state index contributed by atoms with van der Waals surface area (Å²) in [6, 6.07) is -0.743. The van der Waals surface area contributed by atoms with Crippen LogP contribution in [0.4, 0.5) is 0 Å². The zero-order chi connectivity index (χ0) is 14.2. The lowest BCUT2D eigenvalue weighted by Crippen LogP contribution is -2.62. The van der Waals surface area contributed by atoms with E-state index in [1.54, 1.807) is 0 Å². The number of nitrogens with one attached hydrogen (secondary N) is 1. The van der Waals surface area contributed by atoms with Crippen LogP contribution in [0.25, 0.3) is 0 Å². The summed E-state index contributed by atoms with van der Waals surface area (Å²) >= 11 is 0. The highest BCUT2D eigenvalue weighted by Crippen LogP contribution is 2.30. The minimum atomic E-state index is -1.14. The van der Waals surface area contributed by atoms with Gasteiger partial charge in [0.05, 0.1) is 6.61 Å². The van der Waals surface area contributed by atoms with E-state index in [0.29, 0.717) is 0 Å². The van der Waals surface area contributed by atoms with Crippen LogP contribution in [0, 0.1) is 0 Å². The van der Waals surface area contributed by atoms with E-state index < -0.39 is 42.7 Å². The second-order valence-electron chi connectivity index (χ2n) is 4.67. The molecule has 3 N–H and O–H groups in total. The number of ether oxygens (including phenoxy) is 3. The third kappa shape index (κ3) is 2.86. The van der Waals surface area contributed by atoms with Gasteiger partial charge in [-0.15, -0.1) is 0 Å². The van der Waals surface area contributed by atoms with Gasteiger partial charge in [-0.3, -0.25) is 4.79 Å². The molecule has 1 unspecified atom stereocenters. The molecule has 1 amide bonds. The zero-order valence-electron chi connectivity index (χ0n) is 10.6. The maximum atomic E-state index is 11.2. The minimum absolute atomic E-state index is 0.184. The molecule has 108 valence electrons. The minimum Gasteiger partial charge on any atom is -0.479 e. The van der Waals surface area contributed by atoms with Crippen LogP contribution < -0.4 is 5.32 Å². The second-order valence-corrected chi connectivity index (χ2v) is 4.67. The van der Waals surface area contributed by atoms with Crippen molar-refractivity contribution in [2.75, 3.05) is 6.61 Å². The summed E-state index contributed by atoms with van der Waals surface area (Å²) in [6.07, 6.45) is -4.35. The molecule has 2 rings (SSSR count). The Hall–Kier alpha value is -1.22. The van der Waals surface area contributed by atoms with Gasteiger partial charge in [0, 0.05) is 6.92 Å². The standard InChI is InChI=1S/C11H17NO7/c1-4(10(15)16)18-9-7(12-5(2)13)11-17-3-6(19-11)8(9)14/h4,6-9,11,14H,3H2,1-2H3,(H,12,13)(H,15,16)/t4-,6-,7-,8-,9-,11?/m1/s1. The predicted molar refractivity (Wildman–Crippen MR) is 60.2 cm³/mol. The molecule has 2 heterocycles. The zero-order valence-corrected chi connectivity index (χ0v) is 10.6. The summed E-state index contributed by atoms with van der Waals surface area (Å²) in [5.74, 6) is -1.49. The molecule has 8 nitrogen and oxygen atoms in total. The van der Waals surface area contributed by atoms with Crippen molar-refractivity contribution in [3.8, 4) is 0 Å². The Labute approximate surface area is 109 Å². The van der Waals surface area contributed by atoms with Gasteiger partial charge in [-0.25, -0.2) is 4.79 Å². The lowest BCUT2D eigenvalue weighted by Gasteiger charge is -2.39. The number of aliphatic carboxylic acids is 1. The van der Waals surface area contributed by atoms with Crippen molar-refractivity contribution in [2.45, 2.75) is 50.6 Å². The van der Waals surface area contributed by atoms with Crippen molar-refractivity contribution in [3.63, 3.8) is 0 Å². The molecule has 19 heavy (non-hydrogen) atoms. The molecule has 0 aromatic rings. The van der Waals surface area contributed by atoms with Crippen LogP contribution in [-0.4, -0.2) is 65.4 Å². The molecule has 6 atom stereocenters. The highest BCUT2D eigenvalue weighted by atomic mass is 16.7. The summed E-state index contributed by atoms with van der Waals surface area (Å²) in [5, 5.41) is 21.5. The van der Waals surface area contributed by atoms with E-state index in [9.17, 15) is 14.7 Å². The molecule has 2 saturated heterocycles. The van der Waals surface area contributed by atoms with E-state index >= 15 is 0 Å². The van der Waals surface area contributed by atoms with Gasteiger partial charge in [-0.2, -0.15) is 0 Å². The van der Waals surface area contributed by atoms with E-state index in [1.165, 1.54) is 13.8 Å². The van der Waals surface area contributed by atoms with E-state index in [2.05, 4.69) is 5.32 Å². The van der Waals surface area contributed by atoms with Crippen molar-refractivity contribution in [1.82, 2.24) is 5.32 Å².